The van der Waals surface area contributed by atoms with E-state index in [1.807, 2.05) is 0 Å². The number of hydrogen-bond acceptors (Lipinski definition) is 4. The molecule has 1 rings (SSSR count). The van der Waals surface area contributed by atoms with E-state index in [0.717, 1.165) is 38.5 Å². The minimum atomic E-state index is -0.659. The average Bonchev–Trinajstić information content (AvgIpc) is 2.58. The highest BCUT2D eigenvalue weighted by atomic mass is 17.2. The lowest BCUT2D eigenvalue weighted by Gasteiger charge is -2.49. The van der Waals surface area contributed by atoms with E-state index in [9.17, 15) is 0 Å². The Morgan fingerprint density at radius 3 is 1.91 bits per heavy atom. The molecule has 0 aliphatic carbocycles. The lowest BCUT2D eigenvalue weighted by atomic mass is 9.77. The van der Waals surface area contributed by atoms with Gasteiger partial charge >= 0.3 is 0 Å². The van der Waals surface area contributed by atoms with Gasteiger partial charge in [0, 0.05) is 26.6 Å². The minimum Gasteiger partial charge on any atom is -0.384 e. The Bertz CT molecular complexity index is 300. The summed E-state index contributed by atoms with van der Waals surface area (Å²) in [5, 5.41) is 0. The van der Waals surface area contributed by atoms with Gasteiger partial charge in [-0.1, -0.05) is 52.9 Å². The smallest absolute Gasteiger partial charge is 0.206 e. The molecule has 0 saturated carbocycles. The van der Waals surface area contributed by atoms with Gasteiger partial charge in [-0.05, 0) is 25.7 Å². The van der Waals surface area contributed by atoms with Crippen molar-refractivity contribution in [1.29, 1.82) is 0 Å². The number of unbranched alkanes of at least 4 members (excludes halogenated alkanes) is 3. The molecular formula is C19H38O4. The van der Waals surface area contributed by atoms with Crippen LogP contribution in [0.3, 0.4) is 0 Å². The third-order valence-electron chi connectivity index (χ3n) is 5.16. The number of ether oxygens (including phenoxy) is 2. The third-order valence-corrected chi connectivity index (χ3v) is 5.16. The summed E-state index contributed by atoms with van der Waals surface area (Å²) in [7, 11) is 3.49. The van der Waals surface area contributed by atoms with E-state index in [1.165, 1.54) is 25.7 Å². The summed E-state index contributed by atoms with van der Waals surface area (Å²) in [6.07, 6.45) is 10.8. The maximum Gasteiger partial charge on any atom is 0.206 e. The van der Waals surface area contributed by atoms with Crippen LogP contribution >= 0.6 is 0 Å². The molecule has 0 bridgehead atoms. The number of rotatable bonds is 12. The molecule has 0 unspecified atom stereocenters. The topological polar surface area (TPSA) is 36.9 Å². The van der Waals surface area contributed by atoms with Crippen LogP contribution in [0.4, 0.5) is 0 Å². The highest BCUT2D eigenvalue weighted by Crippen LogP contribution is 2.45. The van der Waals surface area contributed by atoms with Crippen LogP contribution in [0.25, 0.3) is 0 Å². The van der Waals surface area contributed by atoms with E-state index in [2.05, 4.69) is 20.8 Å². The fraction of sp³-hybridized carbons (Fsp3) is 1.00. The maximum atomic E-state index is 6.07. The van der Waals surface area contributed by atoms with Crippen molar-refractivity contribution in [3.8, 4) is 0 Å². The highest BCUT2D eigenvalue weighted by Gasteiger charge is 2.51. The molecular weight excluding hydrogens is 292 g/mol. The first-order valence-electron chi connectivity index (χ1n) is 9.52. The molecule has 1 heterocycles. The van der Waals surface area contributed by atoms with Crippen LogP contribution in [0.5, 0.6) is 0 Å². The van der Waals surface area contributed by atoms with Crippen molar-refractivity contribution in [3.05, 3.63) is 0 Å². The maximum absolute atomic E-state index is 6.07. The molecule has 23 heavy (non-hydrogen) atoms. The molecule has 0 spiro atoms. The standard InChI is InChI=1S/C19H38O4/c1-6-9-12-18(13-10-7-2)15-17(16-20-4)19(21-5,23-22-18)14-11-8-3/h17H,6-16H2,1-5H3/t17-,19-/m1/s1. The molecule has 1 fully saturated rings. The van der Waals surface area contributed by atoms with E-state index in [4.69, 9.17) is 19.2 Å². The van der Waals surface area contributed by atoms with Gasteiger partial charge in [-0.2, -0.15) is 0 Å². The summed E-state index contributed by atoms with van der Waals surface area (Å²) in [5.74, 6) is -0.444. The van der Waals surface area contributed by atoms with Gasteiger partial charge in [0.1, 0.15) is 5.60 Å². The third kappa shape index (κ3) is 5.70. The molecule has 1 aliphatic heterocycles. The van der Waals surface area contributed by atoms with Gasteiger partial charge in [0.05, 0.1) is 6.61 Å². The van der Waals surface area contributed by atoms with Gasteiger partial charge < -0.3 is 9.47 Å². The average molecular weight is 331 g/mol. The van der Waals surface area contributed by atoms with Crippen LogP contribution in [0, 0.1) is 5.92 Å². The Morgan fingerprint density at radius 1 is 0.870 bits per heavy atom. The molecule has 0 N–H and O–H groups in total. The first-order chi connectivity index (χ1) is 11.1. The second-order valence-corrected chi connectivity index (χ2v) is 7.03. The molecule has 0 aromatic carbocycles. The van der Waals surface area contributed by atoms with Crippen LogP contribution < -0.4 is 0 Å². The van der Waals surface area contributed by atoms with Gasteiger partial charge in [-0.15, -0.1) is 0 Å². The lowest BCUT2D eigenvalue weighted by Crippen LogP contribution is -2.55. The SMILES string of the molecule is CCCCC1(CCCC)C[C@H](COC)[C@](CCCC)(OC)OO1. The summed E-state index contributed by atoms with van der Waals surface area (Å²) in [6, 6.07) is 0. The Kier molecular flexibility index (Phi) is 9.67. The fourth-order valence-electron chi connectivity index (χ4n) is 3.63. The quantitative estimate of drug-likeness (QED) is 0.458. The second kappa shape index (κ2) is 10.7. The second-order valence-electron chi connectivity index (χ2n) is 7.03. The monoisotopic (exact) mass is 330 g/mol. The van der Waals surface area contributed by atoms with Crippen molar-refractivity contribution >= 4 is 0 Å². The molecule has 4 nitrogen and oxygen atoms in total. The molecule has 0 radical (unpaired) electrons. The van der Waals surface area contributed by atoms with Gasteiger partial charge in [0.25, 0.3) is 0 Å². The first kappa shape index (κ1) is 20.9. The van der Waals surface area contributed by atoms with Crippen molar-refractivity contribution in [2.45, 2.75) is 96.4 Å². The predicted molar refractivity (Wildman–Crippen MR) is 93.2 cm³/mol. The zero-order valence-electron chi connectivity index (χ0n) is 16.0. The summed E-state index contributed by atoms with van der Waals surface area (Å²) < 4.78 is 11.3. The van der Waals surface area contributed by atoms with Gasteiger partial charge in [-0.3, -0.25) is 0 Å². The summed E-state index contributed by atoms with van der Waals surface area (Å²) in [5.41, 5.74) is -0.177. The predicted octanol–water partition coefficient (Wildman–Crippen LogP) is 5.25. The van der Waals surface area contributed by atoms with E-state index >= 15 is 0 Å². The van der Waals surface area contributed by atoms with Crippen LogP contribution in [0.2, 0.25) is 0 Å². The molecule has 0 amide bonds. The molecule has 1 saturated heterocycles. The molecule has 1 aliphatic rings. The highest BCUT2D eigenvalue weighted by molar-refractivity contribution is 4.92. The van der Waals surface area contributed by atoms with Gasteiger partial charge in [0.15, 0.2) is 0 Å². The minimum absolute atomic E-state index is 0.177. The Hall–Kier alpha value is -0.160. The van der Waals surface area contributed by atoms with Gasteiger partial charge in [-0.25, -0.2) is 9.78 Å². The Morgan fingerprint density at radius 2 is 1.43 bits per heavy atom. The van der Waals surface area contributed by atoms with E-state index < -0.39 is 5.79 Å². The summed E-state index contributed by atoms with van der Waals surface area (Å²) >= 11 is 0. The molecule has 4 heteroatoms. The van der Waals surface area contributed by atoms with Crippen molar-refractivity contribution in [2.75, 3.05) is 20.8 Å². The lowest BCUT2D eigenvalue weighted by molar-refractivity contribution is -0.508. The largest absolute Gasteiger partial charge is 0.384 e. The molecule has 0 aromatic rings. The molecule has 0 aromatic heterocycles. The Labute approximate surface area is 143 Å². The zero-order valence-corrected chi connectivity index (χ0v) is 16.0. The van der Waals surface area contributed by atoms with Crippen molar-refractivity contribution in [3.63, 3.8) is 0 Å². The van der Waals surface area contributed by atoms with Crippen molar-refractivity contribution in [2.24, 2.45) is 5.92 Å². The fourth-order valence-corrected chi connectivity index (χ4v) is 3.63. The Balaban J connectivity index is 2.90. The van der Waals surface area contributed by atoms with Crippen LogP contribution in [0.1, 0.15) is 85.0 Å². The van der Waals surface area contributed by atoms with E-state index in [-0.39, 0.29) is 11.5 Å². The van der Waals surface area contributed by atoms with Crippen molar-refractivity contribution < 1.29 is 19.2 Å². The van der Waals surface area contributed by atoms with Crippen molar-refractivity contribution in [1.82, 2.24) is 0 Å². The van der Waals surface area contributed by atoms with Gasteiger partial charge in [0.2, 0.25) is 5.79 Å². The van der Waals surface area contributed by atoms with Crippen LogP contribution in [0.15, 0.2) is 0 Å². The van der Waals surface area contributed by atoms with Crippen LogP contribution in [-0.4, -0.2) is 32.2 Å². The zero-order chi connectivity index (χ0) is 17.2. The van der Waals surface area contributed by atoms with Crippen LogP contribution in [-0.2, 0) is 19.2 Å². The molecule has 138 valence electrons. The van der Waals surface area contributed by atoms with E-state index in [0.29, 0.717) is 6.61 Å². The normalized spacial score (nSPS) is 27.3. The number of methoxy groups -OCH3 is 2. The molecule has 2 atom stereocenters. The van der Waals surface area contributed by atoms with E-state index in [1.54, 1.807) is 14.2 Å². The number of hydrogen-bond donors (Lipinski definition) is 0. The summed E-state index contributed by atoms with van der Waals surface area (Å²) in [4.78, 5) is 12.1. The first-order valence-corrected chi connectivity index (χ1v) is 9.52. The summed E-state index contributed by atoms with van der Waals surface area (Å²) in [6.45, 7) is 7.29.